The number of aromatic amines is 1. The minimum absolute atomic E-state index is 0.319. The molecule has 0 amide bonds. The van der Waals surface area contributed by atoms with E-state index < -0.39 is 0 Å². The van der Waals surface area contributed by atoms with Crippen molar-refractivity contribution in [1.29, 1.82) is 0 Å². The molecule has 0 spiro atoms. The Morgan fingerprint density at radius 3 is 2.60 bits per heavy atom. The molecule has 0 saturated heterocycles. The highest BCUT2D eigenvalue weighted by Gasteiger charge is 2.41. The van der Waals surface area contributed by atoms with E-state index in [4.69, 9.17) is 5.73 Å². The maximum atomic E-state index is 6.40. The summed E-state index contributed by atoms with van der Waals surface area (Å²) in [5.74, 6) is 1.49. The second-order valence-electron chi connectivity index (χ2n) is 6.15. The Morgan fingerprint density at radius 1 is 1.30 bits per heavy atom. The molecule has 1 atom stereocenters. The van der Waals surface area contributed by atoms with Crippen LogP contribution in [0.3, 0.4) is 0 Å². The van der Waals surface area contributed by atoms with E-state index in [-0.39, 0.29) is 5.54 Å². The standard InChI is InChI=1S/C17H23N3/c1-3-4-12-5-7-13(8-6-12)15-11-19-16(20-15)17(2,18)14-9-10-14/h5-8,11,14H,3-4,9-10,18H2,1-2H3,(H,19,20). The molecule has 1 fully saturated rings. The molecule has 1 aliphatic rings. The molecule has 2 aromatic rings. The van der Waals surface area contributed by atoms with Crippen molar-refractivity contribution in [3.63, 3.8) is 0 Å². The third-order valence-electron chi connectivity index (χ3n) is 4.32. The molecule has 3 N–H and O–H groups in total. The zero-order valence-electron chi connectivity index (χ0n) is 12.3. The van der Waals surface area contributed by atoms with Gasteiger partial charge in [0.15, 0.2) is 0 Å². The zero-order chi connectivity index (χ0) is 14.2. The van der Waals surface area contributed by atoms with E-state index in [9.17, 15) is 0 Å². The third-order valence-corrected chi connectivity index (χ3v) is 4.32. The Bertz CT molecular complexity index is 577. The topological polar surface area (TPSA) is 54.7 Å². The molecule has 1 aromatic carbocycles. The average Bonchev–Trinajstić information content (AvgIpc) is 3.18. The number of hydrogen-bond acceptors (Lipinski definition) is 2. The molecule has 0 aliphatic heterocycles. The number of benzene rings is 1. The predicted molar refractivity (Wildman–Crippen MR) is 82.3 cm³/mol. The summed E-state index contributed by atoms with van der Waals surface area (Å²) < 4.78 is 0. The molecule has 3 nitrogen and oxygen atoms in total. The molecule has 1 unspecified atom stereocenters. The predicted octanol–water partition coefficient (Wildman–Crippen LogP) is 3.61. The van der Waals surface area contributed by atoms with Crippen molar-refractivity contribution in [3.8, 4) is 11.3 Å². The Kier molecular flexibility index (Phi) is 3.38. The van der Waals surface area contributed by atoms with Crippen LogP contribution in [0.25, 0.3) is 11.3 Å². The van der Waals surface area contributed by atoms with E-state index >= 15 is 0 Å². The van der Waals surface area contributed by atoms with Crippen LogP contribution in [0.1, 0.15) is 44.5 Å². The minimum Gasteiger partial charge on any atom is -0.340 e. The summed E-state index contributed by atoms with van der Waals surface area (Å²) in [7, 11) is 0. The van der Waals surface area contributed by atoms with Crippen LogP contribution in [0.4, 0.5) is 0 Å². The second-order valence-corrected chi connectivity index (χ2v) is 6.15. The van der Waals surface area contributed by atoms with Gasteiger partial charge < -0.3 is 10.7 Å². The maximum Gasteiger partial charge on any atom is 0.126 e. The first-order valence-corrected chi connectivity index (χ1v) is 7.55. The summed E-state index contributed by atoms with van der Waals surface area (Å²) in [6.07, 6.45) is 6.65. The van der Waals surface area contributed by atoms with E-state index in [1.807, 2.05) is 6.20 Å². The highest BCUT2D eigenvalue weighted by molar-refractivity contribution is 5.59. The fourth-order valence-electron chi connectivity index (χ4n) is 2.76. The van der Waals surface area contributed by atoms with Crippen LogP contribution in [-0.4, -0.2) is 9.97 Å². The van der Waals surface area contributed by atoms with Crippen LogP contribution >= 0.6 is 0 Å². The van der Waals surface area contributed by atoms with E-state index in [1.165, 1.54) is 30.4 Å². The lowest BCUT2D eigenvalue weighted by atomic mass is 9.97. The summed E-state index contributed by atoms with van der Waals surface area (Å²) >= 11 is 0. The number of hydrogen-bond donors (Lipinski definition) is 2. The monoisotopic (exact) mass is 269 g/mol. The van der Waals surface area contributed by atoms with Gasteiger partial charge in [0.25, 0.3) is 0 Å². The number of aromatic nitrogens is 2. The number of nitrogens with zero attached hydrogens (tertiary/aromatic N) is 1. The smallest absolute Gasteiger partial charge is 0.126 e. The molecule has 0 bridgehead atoms. The van der Waals surface area contributed by atoms with Crippen molar-refractivity contribution in [3.05, 3.63) is 41.9 Å². The molecule has 3 rings (SSSR count). The molecular formula is C17H23N3. The number of H-pyrrole nitrogens is 1. The maximum absolute atomic E-state index is 6.40. The second kappa shape index (κ2) is 5.06. The fraction of sp³-hybridized carbons (Fsp3) is 0.471. The molecule has 1 aromatic heterocycles. The lowest BCUT2D eigenvalue weighted by molar-refractivity contribution is 0.404. The fourth-order valence-corrected chi connectivity index (χ4v) is 2.76. The van der Waals surface area contributed by atoms with Gasteiger partial charge in [0, 0.05) is 0 Å². The van der Waals surface area contributed by atoms with Crippen LogP contribution in [0, 0.1) is 5.92 Å². The molecule has 1 saturated carbocycles. The van der Waals surface area contributed by atoms with E-state index in [0.29, 0.717) is 5.92 Å². The number of aryl methyl sites for hydroxylation is 1. The van der Waals surface area contributed by atoms with Crippen molar-refractivity contribution in [1.82, 2.24) is 9.97 Å². The van der Waals surface area contributed by atoms with Crippen LogP contribution in [0.2, 0.25) is 0 Å². The molecule has 106 valence electrons. The van der Waals surface area contributed by atoms with Gasteiger partial charge in [-0.3, -0.25) is 0 Å². The summed E-state index contributed by atoms with van der Waals surface area (Å²) in [5.41, 5.74) is 9.70. The van der Waals surface area contributed by atoms with Crippen molar-refractivity contribution in [2.75, 3.05) is 0 Å². The average molecular weight is 269 g/mol. The summed E-state index contributed by atoms with van der Waals surface area (Å²) in [6.45, 7) is 4.28. The molecule has 20 heavy (non-hydrogen) atoms. The van der Waals surface area contributed by atoms with E-state index in [1.54, 1.807) is 0 Å². The van der Waals surface area contributed by atoms with Gasteiger partial charge in [-0.1, -0.05) is 37.6 Å². The summed E-state index contributed by atoms with van der Waals surface area (Å²) in [5, 5.41) is 0. The van der Waals surface area contributed by atoms with Gasteiger partial charge in [-0.15, -0.1) is 0 Å². The molecule has 1 heterocycles. The van der Waals surface area contributed by atoms with Crippen LogP contribution in [0.5, 0.6) is 0 Å². The SMILES string of the molecule is CCCc1ccc(-c2cnc(C(C)(N)C3CC3)[nH]2)cc1. The van der Waals surface area contributed by atoms with Crippen molar-refractivity contribution < 1.29 is 0 Å². The molecule has 1 aliphatic carbocycles. The van der Waals surface area contributed by atoms with Crippen molar-refractivity contribution >= 4 is 0 Å². The Morgan fingerprint density at radius 2 is 2.00 bits per heavy atom. The van der Waals surface area contributed by atoms with Gasteiger partial charge in [0.2, 0.25) is 0 Å². The molecule has 3 heteroatoms. The summed E-state index contributed by atoms with van der Waals surface area (Å²) in [6, 6.07) is 8.71. The van der Waals surface area contributed by atoms with Gasteiger partial charge in [-0.25, -0.2) is 4.98 Å². The van der Waals surface area contributed by atoms with Crippen molar-refractivity contribution in [2.45, 2.75) is 45.1 Å². The number of nitrogens with one attached hydrogen (secondary N) is 1. The first-order valence-electron chi connectivity index (χ1n) is 7.55. The van der Waals surface area contributed by atoms with Crippen LogP contribution in [0.15, 0.2) is 30.5 Å². The Balaban J connectivity index is 1.82. The van der Waals surface area contributed by atoms with Gasteiger partial charge in [-0.2, -0.15) is 0 Å². The zero-order valence-corrected chi connectivity index (χ0v) is 12.3. The van der Waals surface area contributed by atoms with E-state index in [0.717, 1.165) is 17.9 Å². The Hall–Kier alpha value is -1.61. The summed E-state index contributed by atoms with van der Waals surface area (Å²) in [4.78, 5) is 7.91. The van der Waals surface area contributed by atoms with E-state index in [2.05, 4.69) is 48.1 Å². The van der Waals surface area contributed by atoms with Gasteiger partial charge in [0.05, 0.1) is 17.4 Å². The Labute approximate surface area is 120 Å². The highest BCUT2D eigenvalue weighted by Crippen LogP contribution is 2.43. The lowest BCUT2D eigenvalue weighted by Gasteiger charge is -2.21. The van der Waals surface area contributed by atoms with Gasteiger partial charge in [-0.05, 0) is 43.2 Å². The number of rotatable bonds is 5. The quantitative estimate of drug-likeness (QED) is 0.871. The van der Waals surface area contributed by atoms with Crippen LogP contribution < -0.4 is 5.73 Å². The van der Waals surface area contributed by atoms with Crippen LogP contribution in [-0.2, 0) is 12.0 Å². The first-order chi connectivity index (χ1) is 9.61. The lowest BCUT2D eigenvalue weighted by Crippen LogP contribution is -2.36. The highest BCUT2D eigenvalue weighted by atomic mass is 15.0. The number of nitrogens with two attached hydrogens (primary N) is 1. The van der Waals surface area contributed by atoms with Gasteiger partial charge >= 0.3 is 0 Å². The molecule has 0 radical (unpaired) electrons. The van der Waals surface area contributed by atoms with Gasteiger partial charge in [0.1, 0.15) is 5.82 Å². The minimum atomic E-state index is -0.319. The largest absolute Gasteiger partial charge is 0.340 e. The molecular weight excluding hydrogens is 246 g/mol. The first kappa shape index (κ1) is 13.4. The normalized spacial score (nSPS) is 17.9. The van der Waals surface area contributed by atoms with Crippen molar-refractivity contribution in [2.24, 2.45) is 11.7 Å². The number of imidazole rings is 1. The third kappa shape index (κ3) is 2.50.